The van der Waals surface area contributed by atoms with Gasteiger partial charge in [-0.1, -0.05) is 6.07 Å². The number of piperidine rings is 1. The molecule has 3 rings (SSSR count). The molecule has 2 aromatic rings. The lowest BCUT2D eigenvalue weighted by atomic mass is 9.75. The summed E-state index contributed by atoms with van der Waals surface area (Å²) in [5, 5.41) is 0. The molecule has 0 spiro atoms. The highest BCUT2D eigenvalue weighted by Crippen LogP contribution is 2.36. The van der Waals surface area contributed by atoms with Crippen LogP contribution in [-0.2, 0) is 22.5 Å². The fraction of sp³-hybridized carbons (Fsp3) is 0.474. The molecule has 1 fully saturated rings. The largest absolute Gasteiger partial charge is 0.466 e. The number of aromatic nitrogens is 2. The third kappa shape index (κ3) is 4.09. The fourth-order valence-corrected chi connectivity index (χ4v) is 3.66. The second kappa shape index (κ2) is 7.95. The number of hydrogen-bond acceptors (Lipinski definition) is 4. The summed E-state index contributed by atoms with van der Waals surface area (Å²) in [6, 6.07) is 3.50. The van der Waals surface area contributed by atoms with Crippen molar-refractivity contribution in [2.45, 2.75) is 32.7 Å². The number of carbonyl (C=O) groups excluding carboxylic acids is 1. The van der Waals surface area contributed by atoms with Crippen molar-refractivity contribution < 1.29 is 18.3 Å². The van der Waals surface area contributed by atoms with Gasteiger partial charge >= 0.3 is 5.97 Å². The first kappa shape index (κ1) is 18.5. The first-order valence-corrected chi connectivity index (χ1v) is 8.84. The topological polar surface area (TPSA) is 58.2 Å². The van der Waals surface area contributed by atoms with Gasteiger partial charge in [-0.05, 0) is 44.4 Å². The smallest absolute Gasteiger partial charge is 0.313 e. The van der Waals surface area contributed by atoms with Crippen molar-refractivity contribution in [3.63, 3.8) is 0 Å². The van der Waals surface area contributed by atoms with Crippen LogP contribution in [0.5, 0.6) is 0 Å². The molecule has 1 aromatic carbocycles. The van der Waals surface area contributed by atoms with E-state index in [4.69, 9.17) is 4.74 Å². The Labute approximate surface area is 151 Å². The Balaban J connectivity index is 1.84. The molecule has 0 radical (unpaired) electrons. The molecule has 26 heavy (non-hydrogen) atoms. The maximum atomic E-state index is 14.2. The van der Waals surface area contributed by atoms with Crippen LogP contribution in [-0.4, -0.2) is 40.5 Å². The van der Waals surface area contributed by atoms with Gasteiger partial charge < -0.3 is 9.72 Å². The molecule has 0 aliphatic carbocycles. The Hall–Kier alpha value is -2.28. The number of rotatable bonds is 6. The highest BCUT2D eigenvalue weighted by molar-refractivity contribution is 5.77. The molecule has 0 unspecified atom stereocenters. The van der Waals surface area contributed by atoms with Crippen LogP contribution in [0.15, 0.2) is 30.6 Å². The number of likely N-dealkylation sites (tertiary alicyclic amines) is 1. The van der Waals surface area contributed by atoms with E-state index >= 15 is 0 Å². The number of nitrogens with one attached hydrogen (secondary N) is 1. The zero-order chi connectivity index (χ0) is 18.6. The molecule has 1 atom stereocenters. The average molecular weight is 363 g/mol. The summed E-state index contributed by atoms with van der Waals surface area (Å²) >= 11 is 0. The van der Waals surface area contributed by atoms with Gasteiger partial charge in [0.15, 0.2) is 0 Å². The van der Waals surface area contributed by atoms with Gasteiger partial charge in [0.2, 0.25) is 0 Å². The van der Waals surface area contributed by atoms with Crippen LogP contribution in [0, 0.1) is 17.0 Å². The Bertz CT molecular complexity index is 751. The van der Waals surface area contributed by atoms with Crippen LogP contribution in [0.25, 0.3) is 0 Å². The minimum Gasteiger partial charge on any atom is -0.466 e. The molecule has 1 aromatic heterocycles. The molecule has 1 N–H and O–H groups in total. The number of aromatic amines is 1. The lowest BCUT2D eigenvalue weighted by Crippen LogP contribution is -2.49. The van der Waals surface area contributed by atoms with E-state index in [9.17, 15) is 13.6 Å². The molecule has 140 valence electrons. The monoisotopic (exact) mass is 363 g/mol. The average Bonchev–Trinajstić information content (AvgIpc) is 3.11. The zero-order valence-corrected chi connectivity index (χ0v) is 14.8. The van der Waals surface area contributed by atoms with E-state index in [1.54, 1.807) is 19.3 Å². The lowest BCUT2D eigenvalue weighted by molar-refractivity contribution is -0.159. The quantitative estimate of drug-likeness (QED) is 0.802. The molecule has 7 heteroatoms. The molecule has 0 saturated carbocycles. The van der Waals surface area contributed by atoms with Crippen LogP contribution in [0.3, 0.4) is 0 Å². The highest BCUT2D eigenvalue weighted by Gasteiger charge is 2.44. The summed E-state index contributed by atoms with van der Waals surface area (Å²) in [5.74, 6) is -0.762. The molecule has 1 aliphatic rings. The van der Waals surface area contributed by atoms with E-state index in [0.717, 1.165) is 24.9 Å². The minimum atomic E-state index is -0.848. The summed E-state index contributed by atoms with van der Waals surface area (Å²) in [7, 11) is 0. The van der Waals surface area contributed by atoms with Gasteiger partial charge in [0, 0.05) is 25.0 Å². The van der Waals surface area contributed by atoms with E-state index in [1.807, 2.05) is 0 Å². The summed E-state index contributed by atoms with van der Waals surface area (Å²) in [6.45, 7) is 3.88. The molecule has 0 bridgehead atoms. The van der Waals surface area contributed by atoms with Crippen LogP contribution >= 0.6 is 0 Å². The fourth-order valence-electron chi connectivity index (χ4n) is 3.66. The van der Waals surface area contributed by atoms with Crippen molar-refractivity contribution in [3.8, 4) is 0 Å². The van der Waals surface area contributed by atoms with E-state index in [2.05, 4.69) is 14.9 Å². The zero-order valence-electron chi connectivity index (χ0n) is 14.8. The van der Waals surface area contributed by atoms with Crippen LogP contribution in [0.2, 0.25) is 0 Å². The molecule has 0 amide bonds. The van der Waals surface area contributed by atoms with Gasteiger partial charge in [0.05, 0.1) is 18.6 Å². The van der Waals surface area contributed by atoms with Crippen LogP contribution < -0.4 is 0 Å². The second-order valence-electron chi connectivity index (χ2n) is 6.76. The predicted octanol–water partition coefficient (Wildman–Crippen LogP) is 3.08. The van der Waals surface area contributed by atoms with Crippen molar-refractivity contribution in [2.24, 2.45) is 5.41 Å². The molecular formula is C19H23F2N3O2. The standard InChI is InChI=1S/C19H23F2N3O2/c1-2-26-18(25)19(11-14-4-5-15(20)10-16(14)21)6-3-9-24(13-19)12-17-22-7-8-23-17/h4-5,7-8,10H,2-3,6,9,11-13H2,1H3,(H,22,23)/t19-/m1/s1. The van der Waals surface area contributed by atoms with Crippen molar-refractivity contribution in [3.05, 3.63) is 53.6 Å². The van der Waals surface area contributed by atoms with Crippen LogP contribution in [0.1, 0.15) is 31.2 Å². The molecule has 1 aliphatic heterocycles. The van der Waals surface area contributed by atoms with Crippen molar-refractivity contribution in [2.75, 3.05) is 19.7 Å². The number of halogens is 2. The SMILES string of the molecule is CCOC(=O)[C@@]1(Cc2ccc(F)cc2F)CCCN(Cc2ncc[nH]2)C1. The molecular weight excluding hydrogens is 340 g/mol. The summed E-state index contributed by atoms with van der Waals surface area (Å²) in [4.78, 5) is 22.2. The van der Waals surface area contributed by atoms with E-state index in [0.29, 0.717) is 25.1 Å². The first-order chi connectivity index (χ1) is 12.5. The third-order valence-corrected chi connectivity index (χ3v) is 4.84. The van der Waals surface area contributed by atoms with E-state index in [-0.39, 0.29) is 19.0 Å². The van der Waals surface area contributed by atoms with Crippen LogP contribution in [0.4, 0.5) is 8.78 Å². The number of nitrogens with zero attached hydrogens (tertiary/aromatic N) is 2. The Kier molecular flexibility index (Phi) is 5.66. The molecule has 2 heterocycles. The maximum absolute atomic E-state index is 14.2. The molecule has 1 saturated heterocycles. The Morgan fingerprint density at radius 1 is 1.42 bits per heavy atom. The Morgan fingerprint density at radius 2 is 2.27 bits per heavy atom. The number of esters is 1. The summed E-state index contributed by atoms with van der Waals surface area (Å²) in [5.41, 5.74) is -0.515. The van der Waals surface area contributed by atoms with Gasteiger partial charge in [-0.15, -0.1) is 0 Å². The van der Waals surface area contributed by atoms with E-state index in [1.165, 1.54) is 12.1 Å². The molecule has 5 nitrogen and oxygen atoms in total. The van der Waals surface area contributed by atoms with Gasteiger partial charge in [-0.25, -0.2) is 13.8 Å². The summed E-state index contributed by atoms with van der Waals surface area (Å²) < 4.78 is 32.7. The first-order valence-electron chi connectivity index (χ1n) is 8.84. The normalized spacial score (nSPS) is 20.9. The van der Waals surface area contributed by atoms with Gasteiger partial charge in [-0.3, -0.25) is 9.69 Å². The third-order valence-electron chi connectivity index (χ3n) is 4.84. The second-order valence-corrected chi connectivity index (χ2v) is 6.76. The predicted molar refractivity (Wildman–Crippen MR) is 92.2 cm³/mol. The number of imidazole rings is 1. The lowest BCUT2D eigenvalue weighted by Gasteiger charge is -2.40. The van der Waals surface area contributed by atoms with Gasteiger partial charge in [-0.2, -0.15) is 0 Å². The Morgan fingerprint density at radius 3 is 2.96 bits per heavy atom. The van der Waals surface area contributed by atoms with Crippen molar-refractivity contribution in [1.29, 1.82) is 0 Å². The number of benzene rings is 1. The maximum Gasteiger partial charge on any atom is 0.313 e. The van der Waals surface area contributed by atoms with Crippen molar-refractivity contribution >= 4 is 5.97 Å². The number of hydrogen-bond donors (Lipinski definition) is 1. The number of ether oxygens (including phenoxy) is 1. The number of H-pyrrole nitrogens is 1. The van der Waals surface area contributed by atoms with Crippen molar-refractivity contribution in [1.82, 2.24) is 14.9 Å². The summed E-state index contributed by atoms with van der Waals surface area (Å²) in [6.07, 6.45) is 5.03. The number of carbonyl (C=O) groups is 1. The van der Waals surface area contributed by atoms with Gasteiger partial charge in [0.1, 0.15) is 17.5 Å². The minimum absolute atomic E-state index is 0.187. The van der Waals surface area contributed by atoms with Gasteiger partial charge in [0.25, 0.3) is 0 Å². The van der Waals surface area contributed by atoms with E-state index < -0.39 is 17.0 Å². The highest BCUT2D eigenvalue weighted by atomic mass is 19.1.